The van der Waals surface area contributed by atoms with Crippen LogP contribution in [0, 0.1) is 0 Å². The Bertz CT molecular complexity index is 1080. The number of sulfone groups is 1. The van der Waals surface area contributed by atoms with Crippen molar-refractivity contribution >= 4 is 43.2 Å². The third-order valence-electron chi connectivity index (χ3n) is 4.78. The van der Waals surface area contributed by atoms with E-state index in [1.807, 2.05) is 28.8 Å². The predicted octanol–water partition coefficient (Wildman–Crippen LogP) is 2.18. The molecule has 9 heteroatoms. The van der Waals surface area contributed by atoms with Gasteiger partial charge in [0.15, 0.2) is 14.6 Å². The normalized spacial score (nSPS) is 16.1. The Kier molecular flexibility index (Phi) is 7.02. The van der Waals surface area contributed by atoms with E-state index in [1.165, 1.54) is 11.3 Å². The number of rotatable bonds is 7. The van der Waals surface area contributed by atoms with Crippen LogP contribution in [0.4, 0.5) is 0 Å². The summed E-state index contributed by atoms with van der Waals surface area (Å²) in [6.07, 6.45) is 6.65. The second-order valence-electron chi connectivity index (χ2n) is 7.19. The van der Waals surface area contributed by atoms with Gasteiger partial charge in [0.25, 0.3) is 5.91 Å². The molecule has 1 aromatic carbocycles. The summed E-state index contributed by atoms with van der Waals surface area (Å²) in [6.45, 7) is 4.17. The van der Waals surface area contributed by atoms with Gasteiger partial charge < -0.3 is 9.88 Å². The summed E-state index contributed by atoms with van der Waals surface area (Å²) in [5, 5.41) is 2.77. The minimum absolute atomic E-state index is 0.0308. The first-order valence-corrected chi connectivity index (χ1v) is 12.3. The molecule has 1 heterocycles. The molecule has 2 amide bonds. The molecule has 2 aromatic rings. The van der Waals surface area contributed by atoms with Gasteiger partial charge in [0, 0.05) is 12.6 Å². The summed E-state index contributed by atoms with van der Waals surface area (Å²) in [5.74, 6) is -2.80. The number of para-hydroxylation sites is 1. The molecule has 0 spiro atoms. The van der Waals surface area contributed by atoms with Gasteiger partial charge in [-0.25, -0.2) is 8.42 Å². The topological polar surface area (TPSA) is 97.6 Å². The average Bonchev–Trinajstić information content (AvgIpc) is 2.99. The first kappa shape index (κ1) is 21.4. The smallest absolute Gasteiger partial charge is 0.263 e. The molecule has 1 aromatic heterocycles. The van der Waals surface area contributed by atoms with Crippen molar-refractivity contribution in [1.82, 2.24) is 9.88 Å². The van der Waals surface area contributed by atoms with Crippen molar-refractivity contribution in [1.29, 1.82) is 0 Å². The van der Waals surface area contributed by atoms with Crippen molar-refractivity contribution < 1.29 is 18.0 Å². The summed E-state index contributed by atoms with van der Waals surface area (Å²) in [6, 6.07) is 7.62. The first-order chi connectivity index (χ1) is 13.9. The number of hydrogen-bond acceptors (Lipinski definition) is 5. The number of thiazole rings is 1. The molecule has 7 nitrogen and oxygen atoms in total. The molecule has 1 saturated carbocycles. The van der Waals surface area contributed by atoms with Gasteiger partial charge in [-0.2, -0.15) is 4.99 Å². The van der Waals surface area contributed by atoms with Crippen molar-refractivity contribution in [3.8, 4) is 0 Å². The Morgan fingerprint density at radius 3 is 2.66 bits per heavy atom. The van der Waals surface area contributed by atoms with E-state index < -0.39 is 33.2 Å². The molecule has 0 aliphatic heterocycles. The number of benzene rings is 1. The lowest BCUT2D eigenvalue weighted by Crippen LogP contribution is -2.40. The van der Waals surface area contributed by atoms with Crippen LogP contribution in [-0.4, -0.2) is 42.3 Å². The second-order valence-corrected chi connectivity index (χ2v) is 10.3. The Hall–Kier alpha value is -2.26. The number of carbonyl (C=O) groups is 2. The summed E-state index contributed by atoms with van der Waals surface area (Å²) < 4.78 is 27.4. The largest absolute Gasteiger partial charge is 0.352 e. The molecule has 1 aliphatic carbocycles. The van der Waals surface area contributed by atoms with Crippen LogP contribution in [0.1, 0.15) is 32.1 Å². The minimum atomic E-state index is -3.89. The SMILES string of the molecule is C=CCn1c(=NC(=O)CS(=O)(=O)CC(=O)NC2CCCCC2)sc2ccccc21. The molecule has 29 heavy (non-hydrogen) atoms. The van der Waals surface area contributed by atoms with E-state index >= 15 is 0 Å². The van der Waals surface area contributed by atoms with Crippen LogP contribution in [-0.2, 0) is 26.0 Å². The molecular weight excluding hydrogens is 410 g/mol. The molecule has 1 fully saturated rings. The zero-order valence-corrected chi connectivity index (χ0v) is 17.8. The van der Waals surface area contributed by atoms with Crippen LogP contribution in [0.3, 0.4) is 0 Å². The maximum absolute atomic E-state index is 12.3. The molecule has 0 bridgehead atoms. The van der Waals surface area contributed by atoms with E-state index in [9.17, 15) is 18.0 Å². The van der Waals surface area contributed by atoms with E-state index in [2.05, 4.69) is 16.9 Å². The van der Waals surface area contributed by atoms with Gasteiger partial charge in [0.2, 0.25) is 5.91 Å². The maximum Gasteiger partial charge on any atom is 0.263 e. The van der Waals surface area contributed by atoms with Crippen molar-refractivity contribution in [2.24, 2.45) is 4.99 Å². The zero-order chi connectivity index (χ0) is 20.9. The number of aromatic nitrogens is 1. The summed E-state index contributed by atoms with van der Waals surface area (Å²) in [4.78, 5) is 28.8. The fraction of sp³-hybridized carbons (Fsp3) is 0.450. The monoisotopic (exact) mass is 435 g/mol. The van der Waals surface area contributed by atoms with Crippen LogP contribution in [0.2, 0.25) is 0 Å². The van der Waals surface area contributed by atoms with Crippen LogP contribution >= 0.6 is 11.3 Å². The fourth-order valence-electron chi connectivity index (χ4n) is 3.51. The highest BCUT2D eigenvalue weighted by Gasteiger charge is 2.23. The molecule has 0 saturated heterocycles. The summed E-state index contributed by atoms with van der Waals surface area (Å²) in [7, 11) is -3.89. The van der Waals surface area contributed by atoms with E-state index in [0.29, 0.717) is 11.3 Å². The highest BCUT2D eigenvalue weighted by atomic mass is 32.2. The molecule has 0 unspecified atom stereocenters. The number of nitrogens with zero attached hydrogens (tertiary/aromatic N) is 2. The van der Waals surface area contributed by atoms with Crippen LogP contribution in [0.5, 0.6) is 0 Å². The van der Waals surface area contributed by atoms with E-state index in [0.717, 1.165) is 42.3 Å². The fourth-order valence-corrected chi connectivity index (χ4v) is 5.59. The Balaban J connectivity index is 1.70. The van der Waals surface area contributed by atoms with E-state index in [4.69, 9.17) is 0 Å². The number of hydrogen-bond donors (Lipinski definition) is 1. The number of amides is 2. The molecule has 156 valence electrons. The first-order valence-electron chi connectivity index (χ1n) is 9.64. The number of fused-ring (bicyclic) bond motifs is 1. The van der Waals surface area contributed by atoms with Gasteiger partial charge in [-0.05, 0) is 25.0 Å². The summed E-state index contributed by atoms with van der Waals surface area (Å²) in [5.41, 5.74) is 0.902. The Morgan fingerprint density at radius 2 is 1.93 bits per heavy atom. The third kappa shape index (κ3) is 5.86. The highest BCUT2D eigenvalue weighted by Crippen LogP contribution is 2.18. The van der Waals surface area contributed by atoms with E-state index in [-0.39, 0.29) is 6.04 Å². The van der Waals surface area contributed by atoms with Crippen LogP contribution in [0.25, 0.3) is 10.2 Å². The van der Waals surface area contributed by atoms with Gasteiger partial charge in [-0.3, -0.25) is 9.59 Å². The van der Waals surface area contributed by atoms with Crippen LogP contribution in [0.15, 0.2) is 41.9 Å². The van der Waals surface area contributed by atoms with Crippen molar-refractivity contribution in [3.05, 3.63) is 41.7 Å². The number of nitrogens with one attached hydrogen (secondary N) is 1. The summed E-state index contributed by atoms with van der Waals surface area (Å²) >= 11 is 1.31. The molecule has 1 aliphatic rings. The number of allylic oxidation sites excluding steroid dienone is 1. The second kappa shape index (κ2) is 9.49. The average molecular weight is 436 g/mol. The van der Waals surface area contributed by atoms with Crippen molar-refractivity contribution in [3.63, 3.8) is 0 Å². The zero-order valence-electron chi connectivity index (χ0n) is 16.2. The quantitative estimate of drug-likeness (QED) is 0.674. The van der Waals surface area contributed by atoms with E-state index in [1.54, 1.807) is 6.08 Å². The molecule has 0 radical (unpaired) electrons. The lowest BCUT2D eigenvalue weighted by atomic mass is 9.95. The Morgan fingerprint density at radius 1 is 1.21 bits per heavy atom. The lowest BCUT2D eigenvalue weighted by Gasteiger charge is -2.22. The van der Waals surface area contributed by atoms with Gasteiger partial charge >= 0.3 is 0 Å². The standard InChI is InChI=1S/C20H25N3O4S2/c1-2-12-23-16-10-6-7-11-17(16)28-20(23)22-19(25)14-29(26,27)13-18(24)21-15-8-4-3-5-9-15/h2,6-7,10-11,15H,1,3-5,8-9,12-14H2,(H,21,24). The van der Waals surface area contributed by atoms with Gasteiger partial charge in [0.05, 0.1) is 10.2 Å². The van der Waals surface area contributed by atoms with Gasteiger partial charge in [-0.1, -0.05) is 48.8 Å². The maximum atomic E-state index is 12.3. The molecule has 3 rings (SSSR count). The van der Waals surface area contributed by atoms with Gasteiger partial charge in [0.1, 0.15) is 11.5 Å². The van der Waals surface area contributed by atoms with Crippen LogP contribution < -0.4 is 10.1 Å². The predicted molar refractivity (Wildman–Crippen MR) is 114 cm³/mol. The van der Waals surface area contributed by atoms with Crippen molar-refractivity contribution in [2.45, 2.75) is 44.7 Å². The Labute approximate surface area is 174 Å². The lowest BCUT2D eigenvalue weighted by molar-refractivity contribution is -0.119. The third-order valence-corrected chi connectivity index (χ3v) is 7.23. The molecule has 0 atom stereocenters. The minimum Gasteiger partial charge on any atom is -0.352 e. The molecule has 1 N–H and O–H groups in total. The van der Waals surface area contributed by atoms with Gasteiger partial charge in [-0.15, -0.1) is 6.58 Å². The number of carbonyl (C=O) groups excluding carboxylic acids is 2. The highest BCUT2D eigenvalue weighted by molar-refractivity contribution is 7.92. The molecular formula is C20H25N3O4S2. The van der Waals surface area contributed by atoms with Crippen molar-refractivity contribution in [2.75, 3.05) is 11.5 Å².